The number of benzene rings is 2. The molecule has 0 aliphatic carbocycles. The van der Waals surface area contributed by atoms with Gasteiger partial charge in [-0.3, -0.25) is 0 Å². The second kappa shape index (κ2) is 5.78. The molecule has 0 amide bonds. The molecule has 23 heavy (non-hydrogen) atoms. The van der Waals surface area contributed by atoms with Crippen molar-refractivity contribution >= 4 is 28.7 Å². The summed E-state index contributed by atoms with van der Waals surface area (Å²) in [7, 11) is 0. The average molecular weight is 318 g/mol. The van der Waals surface area contributed by atoms with Crippen molar-refractivity contribution in [1.29, 1.82) is 0 Å². The Labute approximate surface area is 139 Å². The molecule has 0 fully saturated rings. The number of nitrogens with zero attached hydrogens (tertiary/aromatic N) is 3. The Morgan fingerprint density at radius 2 is 1.65 bits per heavy atom. The van der Waals surface area contributed by atoms with Crippen LogP contribution in [-0.4, -0.2) is 27.0 Å². The van der Waals surface area contributed by atoms with Crippen LogP contribution in [0.1, 0.15) is 11.1 Å². The third-order valence-corrected chi connectivity index (χ3v) is 4.12. The van der Waals surface area contributed by atoms with E-state index in [4.69, 9.17) is 17.2 Å². The highest BCUT2D eigenvalue weighted by Crippen LogP contribution is 2.26. The molecule has 3 aromatic rings. The van der Waals surface area contributed by atoms with E-state index in [0.717, 1.165) is 28.3 Å². The number of hydrogen-bond donors (Lipinski definition) is 1. The molecule has 0 saturated heterocycles. The molecule has 1 aromatic heterocycles. The zero-order valence-electron chi connectivity index (χ0n) is 12.3. The molecule has 5 heteroatoms. The molecule has 0 bridgehead atoms. The Morgan fingerprint density at radius 1 is 0.957 bits per heavy atom. The lowest BCUT2D eigenvalue weighted by molar-refractivity contribution is 0.880. The molecule has 0 saturated carbocycles. The molecule has 4 rings (SSSR count). The summed E-state index contributed by atoms with van der Waals surface area (Å²) in [5.74, 6) is 0.769. The van der Waals surface area contributed by atoms with Crippen LogP contribution in [0.5, 0.6) is 0 Å². The highest BCUT2D eigenvalue weighted by Gasteiger charge is 2.20. The zero-order chi connectivity index (χ0) is 15.6. The number of hydrogen-bond acceptors (Lipinski definition) is 3. The van der Waals surface area contributed by atoms with Crippen LogP contribution < -0.4 is 5.32 Å². The van der Waals surface area contributed by atoms with Gasteiger partial charge in [-0.1, -0.05) is 60.7 Å². The molecule has 0 unspecified atom stereocenters. The fourth-order valence-corrected chi connectivity index (χ4v) is 2.81. The van der Waals surface area contributed by atoms with E-state index in [1.165, 1.54) is 0 Å². The van der Waals surface area contributed by atoms with Crippen molar-refractivity contribution in [3.8, 4) is 5.69 Å². The van der Waals surface area contributed by atoms with Crippen molar-refractivity contribution in [2.75, 3.05) is 6.54 Å². The maximum absolute atomic E-state index is 5.48. The molecule has 0 radical (unpaired) electrons. The van der Waals surface area contributed by atoms with Gasteiger partial charge in [-0.2, -0.15) is 5.10 Å². The van der Waals surface area contributed by atoms with Crippen LogP contribution in [0.2, 0.25) is 0 Å². The third kappa shape index (κ3) is 2.55. The van der Waals surface area contributed by atoms with E-state index in [9.17, 15) is 0 Å². The topological polar surface area (TPSA) is 42.2 Å². The molecule has 0 atom stereocenters. The van der Waals surface area contributed by atoms with Gasteiger partial charge >= 0.3 is 0 Å². The Balaban J connectivity index is 1.88. The van der Waals surface area contributed by atoms with E-state index in [1.807, 2.05) is 53.2 Å². The predicted molar refractivity (Wildman–Crippen MR) is 95.9 cm³/mol. The molecule has 2 heterocycles. The molecular weight excluding hydrogens is 304 g/mol. The molecule has 112 valence electrons. The van der Waals surface area contributed by atoms with Gasteiger partial charge in [0.2, 0.25) is 0 Å². The van der Waals surface area contributed by atoms with Crippen molar-refractivity contribution in [1.82, 2.24) is 15.1 Å². The second-order valence-electron chi connectivity index (χ2n) is 5.24. The average Bonchev–Trinajstić information content (AvgIpc) is 2.96. The van der Waals surface area contributed by atoms with Gasteiger partial charge in [-0.25, -0.2) is 9.67 Å². The first-order chi connectivity index (χ1) is 11.3. The van der Waals surface area contributed by atoms with E-state index >= 15 is 0 Å². The quantitative estimate of drug-likeness (QED) is 0.737. The number of rotatable bonds is 2. The van der Waals surface area contributed by atoms with Crippen LogP contribution in [0, 0.1) is 0 Å². The van der Waals surface area contributed by atoms with Crippen LogP contribution >= 0.6 is 12.2 Å². The Morgan fingerprint density at radius 3 is 2.39 bits per heavy atom. The summed E-state index contributed by atoms with van der Waals surface area (Å²) < 4.78 is 1.83. The van der Waals surface area contributed by atoms with Gasteiger partial charge < -0.3 is 5.32 Å². The molecule has 1 N–H and O–H groups in total. The summed E-state index contributed by atoms with van der Waals surface area (Å²) in [6, 6.07) is 20.1. The maximum atomic E-state index is 5.48. The first kappa shape index (κ1) is 13.8. The minimum atomic E-state index is 0.603. The van der Waals surface area contributed by atoms with Crippen LogP contribution in [0.25, 0.3) is 5.69 Å². The number of aliphatic imine (C=N–C) groups is 1. The number of para-hydroxylation sites is 1. The summed E-state index contributed by atoms with van der Waals surface area (Å²) in [5.41, 5.74) is 3.85. The standard InChI is InChI=1S/C18H14N4S/c23-18-15-11-20-22(14-9-5-2-6-10-14)17(15)21-16(12-19-18)13-7-3-1-4-8-13/h1-11H,12H2,(H,19,23). The van der Waals surface area contributed by atoms with Gasteiger partial charge in [0.15, 0.2) is 5.82 Å². The van der Waals surface area contributed by atoms with Gasteiger partial charge in [0.25, 0.3) is 0 Å². The smallest absolute Gasteiger partial charge is 0.166 e. The van der Waals surface area contributed by atoms with Crippen LogP contribution in [0.3, 0.4) is 0 Å². The highest BCUT2D eigenvalue weighted by atomic mass is 32.1. The first-order valence-electron chi connectivity index (χ1n) is 7.37. The van der Waals surface area contributed by atoms with Crippen LogP contribution in [0.15, 0.2) is 71.9 Å². The minimum Gasteiger partial charge on any atom is -0.370 e. The fourth-order valence-electron chi connectivity index (χ4n) is 2.59. The fraction of sp³-hybridized carbons (Fsp3) is 0.0556. The van der Waals surface area contributed by atoms with Crippen LogP contribution in [-0.2, 0) is 0 Å². The normalized spacial score (nSPS) is 13.7. The van der Waals surface area contributed by atoms with E-state index < -0.39 is 0 Å². The Bertz CT molecular complexity index is 882. The van der Waals surface area contributed by atoms with E-state index in [-0.39, 0.29) is 0 Å². The largest absolute Gasteiger partial charge is 0.370 e. The van der Waals surface area contributed by atoms with E-state index in [0.29, 0.717) is 11.5 Å². The number of thiocarbonyl (C=S) groups is 1. The summed E-state index contributed by atoms with van der Waals surface area (Å²) in [6.07, 6.45) is 1.77. The SMILES string of the molecule is S=C1NCC(c2ccccc2)=Nc2c1cnn2-c1ccccc1. The summed E-state index contributed by atoms with van der Waals surface area (Å²) in [5, 5.41) is 7.73. The lowest BCUT2D eigenvalue weighted by Crippen LogP contribution is -2.27. The van der Waals surface area contributed by atoms with Gasteiger partial charge in [0.05, 0.1) is 29.7 Å². The molecule has 0 spiro atoms. The van der Waals surface area contributed by atoms with Gasteiger partial charge in [0, 0.05) is 0 Å². The lowest BCUT2D eigenvalue weighted by Gasteiger charge is -2.06. The number of fused-ring (bicyclic) bond motifs is 1. The van der Waals surface area contributed by atoms with E-state index in [1.54, 1.807) is 6.20 Å². The van der Waals surface area contributed by atoms with E-state index in [2.05, 4.69) is 22.5 Å². The summed E-state index contributed by atoms with van der Waals surface area (Å²) in [6.45, 7) is 0.603. The predicted octanol–water partition coefficient (Wildman–Crippen LogP) is 3.27. The van der Waals surface area contributed by atoms with Gasteiger partial charge in [-0.15, -0.1) is 0 Å². The lowest BCUT2D eigenvalue weighted by atomic mass is 10.1. The number of aromatic nitrogens is 2. The highest BCUT2D eigenvalue weighted by molar-refractivity contribution is 7.80. The van der Waals surface area contributed by atoms with Crippen LogP contribution in [0.4, 0.5) is 5.82 Å². The van der Waals surface area contributed by atoms with Crippen molar-refractivity contribution in [2.24, 2.45) is 4.99 Å². The minimum absolute atomic E-state index is 0.603. The van der Waals surface area contributed by atoms with Crippen molar-refractivity contribution < 1.29 is 0 Å². The van der Waals surface area contributed by atoms with Crippen molar-refractivity contribution in [2.45, 2.75) is 0 Å². The van der Waals surface area contributed by atoms with Gasteiger partial charge in [-0.05, 0) is 17.7 Å². The summed E-state index contributed by atoms with van der Waals surface area (Å²) >= 11 is 5.48. The summed E-state index contributed by atoms with van der Waals surface area (Å²) in [4.78, 5) is 5.54. The number of nitrogens with one attached hydrogen (secondary N) is 1. The molecule has 4 nitrogen and oxygen atoms in total. The second-order valence-corrected chi connectivity index (χ2v) is 5.64. The Hall–Kier alpha value is -2.79. The first-order valence-corrected chi connectivity index (χ1v) is 7.78. The Kier molecular flexibility index (Phi) is 3.48. The van der Waals surface area contributed by atoms with Gasteiger partial charge in [0.1, 0.15) is 4.99 Å². The van der Waals surface area contributed by atoms with Crippen molar-refractivity contribution in [3.63, 3.8) is 0 Å². The zero-order valence-corrected chi connectivity index (χ0v) is 13.1. The van der Waals surface area contributed by atoms with Crippen molar-refractivity contribution in [3.05, 3.63) is 78.0 Å². The molecule has 1 aliphatic heterocycles. The molecular formula is C18H14N4S. The maximum Gasteiger partial charge on any atom is 0.166 e. The molecule has 2 aromatic carbocycles. The molecule has 1 aliphatic rings. The monoisotopic (exact) mass is 318 g/mol. The third-order valence-electron chi connectivity index (χ3n) is 3.75.